The highest BCUT2D eigenvalue weighted by Gasteiger charge is 2.20. The molecule has 0 aliphatic heterocycles. The molecule has 0 bridgehead atoms. The molecule has 1 aliphatic rings. The van der Waals surface area contributed by atoms with Crippen molar-refractivity contribution in [1.82, 2.24) is 0 Å². The van der Waals surface area contributed by atoms with Gasteiger partial charge in [-0.3, -0.25) is 0 Å². The molecule has 0 spiro atoms. The Bertz CT molecular complexity index is 434. The van der Waals surface area contributed by atoms with Gasteiger partial charge in [-0.1, -0.05) is 37.1 Å². The maximum absolute atomic E-state index is 2.35. The molecular formula is C15H20. The number of aryl methyl sites for hydroxylation is 1. The normalized spacial score (nSPS) is 15.1. The number of hydrogen-bond acceptors (Lipinski definition) is 0. The molecule has 0 heteroatoms. The molecule has 15 heavy (non-hydrogen) atoms. The van der Waals surface area contributed by atoms with E-state index in [4.69, 9.17) is 0 Å². The third kappa shape index (κ3) is 1.62. The lowest BCUT2D eigenvalue weighted by Crippen LogP contribution is -1.97. The number of hydrogen-bond donors (Lipinski definition) is 0. The first-order valence-electron chi connectivity index (χ1n) is 5.81. The highest BCUT2D eigenvalue weighted by atomic mass is 14.2. The zero-order valence-corrected chi connectivity index (χ0v) is 10.4. The Morgan fingerprint density at radius 2 is 1.73 bits per heavy atom. The van der Waals surface area contributed by atoms with Gasteiger partial charge in [0, 0.05) is 0 Å². The summed E-state index contributed by atoms with van der Waals surface area (Å²) in [7, 11) is 0. The Hall–Kier alpha value is -1.04. The molecule has 1 aromatic carbocycles. The van der Waals surface area contributed by atoms with E-state index in [0.717, 1.165) is 6.42 Å². The van der Waals surface area contributed by atoms with Crippen LogP contribution in [0.2, 0.25) is 0 Å². The fourth-order valence-electron chi connectivity index (χ4n) is 2.58. The Morgan fingerprint density at radius 3 is 2.33 bits per heavy atom. The second-order valence-electron chi connectivity index (χ2n) is 5.13. The van der Waals surface area contributed by atoms with Crippen molar-refractivity contribution in [3.63, 3.8) is 0 Å². The fourth-order valence-corrected chi connectivity index (χ4v) is 2.58. The van der Waals surface area contributed by atoms with E-state index in [0.29, 0.717) is 5.92 Å². The molecule has 1 aliphatic carbocycles. The number of rotatable bonds is 1. The maximum Gasteiger partial charge on any atom is -0.00577 e. The first-order valence-corrected chi connectivity index (χ1v) is 5.81. The van der Waals surface area contributed by atoms with E-state index in [1.165, 1.54) is 33.4 Å². The van der Waals surface area contributed by atoms with Gasteiger partial charge in [-0.25, -0.2) is 0 Å². The number of benzene rings is 1. The van der Waals surface area contributed by atoms with Gasteiger partial charge >= 0.3 is 0 Å². The van der Waals surface area contributed by atoms with Crippen molar-refractivity contribution in [2.24, 2.45) is 0 Å². The standard InChI is InChI=1S/C15H20/c1-9(2)14-7-10(3)6-13-8-11(4)12(5)15(13)14/h6-7,9H,8H2,1-5H3. The minimum Gasteiger partial charge on any atom is -0.0654 e. The van der Waals surface area contributed by atoms with Crippen molar-refractivity contribution in [2.45, 2.75) is 47.0 Å². The van der Waals surface area contributed by atoms with E-state index in [1.807, 2.05) is 0 Å². The first-order chi connectivity index (χ1) is 7.00. The highest BCUT2D eigenvalue weighted by molar-refractivity contribution is 5.77. The summed E-state index contributed by atoms with van der Waals surface area (Å²) in [6, 6.07) is 4.70. The molecule has 0 atom stereocenters. The lowest BCUT2D eigenvalue weighted by molar-refractivity contribution is 0.859. The van der Waals surface area contributed by atoms with Crippen molar-refractivity contribution in [1.29, 1.82) is 0 Å². The molecule has 0 saturated heterocycles. The summed E-state index contributed by atoms with van der Waals surface area (Å²) in [5.74, 6) is 0.625. The van der Waals surface area contributed by atoms with Gasteiger partial charge in [0.25, 0.3) is 0 Å². The van der Waals surface area contributed by atoms with Crippen LogP contribution in [0.1, 0.15) is 55.9 Å². The molecule has 0 radical (unpaired) electrons. The third-order valence-corrected chi connectivity index (χ3v) is 3.49. The van der Waals surface area contributed by atoms with Crippen molar-refractivity contribution in [3.05, 3.63) is 40.0 Å². The van der Waals surface area contributed by atoms with E-state index in [1.54, 1.807) is 0 Å². The molecule has 0 aromatic heterocycles. The number of allylic oxidation sites excluding steroid dienone is 2. The van der Waals surface area contributed by atoms with Crippen molar-refractivity contribution < 1.29 is 0 Å². The lowest BCUT2D eigenvalue weighted by Gasteiger charge is -2.14. The van der Waals surface area contributed by atoms with Crippen LogP contribution in [0.25, 0.3) is 5.57 Å². The molecule has 80 valence electrons. The molecule has 1 aromatic rings. The minimum atomic E-state index is 0.625. The van der Waals surface area contributed by atoms with Crippen LogP contribution in [0, 0.1) is 6.92 Å². The van der Waals surface area contributed by atoms with Gasteiger partial charge in [0.15, 0.2) is 0 Å². The van der Waals surface area contributed by atoms with Gasteiger partial charge in [0.1, 0.15) is 0 Å². The molecule has 0 nitrogen and oxygen atoms in total. The first kappa shape index (κ1) is 10.5. The summed E-state index contributed by atoms with van der Waals surface area (Å²) < 4.78 is 0. The van der Waals surface area contributed by atoms with Crippen LogP contribution in [0.4, 0.5) is 0 Å². The molecule has 2 rings (SSSR count). The van der Waals surface area contributed by atoms with Gasteiger partial charge in [-0.2, -0.15) is 0 Å². The van der Waals surface area contributed by atoms with E-state index in [9.17, 15) is 0 Å². The summed E-state index contributed by atoms with van der Waals surface area (Å²) in [6.45, 7) is 11.3. The van der Waals surface area contributed by atoms with E-state index >= 15 is 0 Å². The predicted molar refractivity (Wildman–Crippen MR) is 67.2 cm³/mol. The Kier molecular flexibility index (Phi) is 2.46. The monoisotopic (exact) mass is 200 g/mol. The van der Waals surface area contributed by atoms with Gasteiger partial charge in [-0.05, 0) is 55.4 Å². The van der Waals surface area contributed by atoms with E-state index in [-0.39, 0.29) is 0 Å². The summed E-state index contributed by atoms with van der Waals surface area (Å²) in [4.78, 5) is 0. The van der Waals surface area contributed by atoms with E-state index in [2.05, 4.69) is 46.8 Å². The molecule has 0 fully saturated rings. The Balaban J connectivity index is 2.67. The quantitative estimate of drug-likeness (QED) is 0.627. The maximum atomic E-state index is 2.35. The summed E-state index contributed by atoms with van der Waals surface area (Å²) >= 11 is 0. The second kappa shape index (κ2) is 3.52. The van der Waals surface area contributed by atoms with Gasteiger partial charge in [0.05, 0.1) is 0 Å². The van der Waals surface area contributed by atoms with Crippen LogP contribution in [0.3, 0.4) is 0 Å². The highest BCUT2D eigenvalue weighted by Crippen LogP contribution is 2.38. The Labute approximate surface area is 93.0 Å². The summed E-state index contributed by atoms with van der Waals surface area (Å²) in [5.41, 5.74) is 9.05. The average molecular weight is 200 g/mol. The SMILES string of the molecule is CC1=C(C)c2c(cc(C)cc2C(C)C)C1. The van der Waals surface area contributed by atoms with Crippen LogP contribution >= 0.6 is 0 Å². The molecular weight excluding hydrogens is 180 g/mol. The van der Waals surface area contributed by atoms with Gasteiger partial charge < -0.3 is 0 Å². The van der Waals surface area contributed by atoms with Crippen molar-refractivity contribution in [2.75, 3.05) is 0 Å². The molecule has 0 unspecified atom stereocenters. The molecule has 0 saturated carbocycles. The second-order valence-corrected chi connectivity index (χ2v) is 5.13. The summed E-state index contributed by atoms with van der Waals surface area (Å²) in [5, 5.41) is 0. The summed E-state index contributed by atoms with van der Waals surface area (Å²) in [6.07, 6.45) is 1.16. The van der Waals surface area contributed by atoms with Gasteiger partial charge in [-0.15, -0.1) is 0 Å². The zero-order valence-electron chi connectivity index (χ0n) is 10.4. The largest absolute Gasteiger partial charge is 0.0654 e. The Morgan fingerprint density at radius 1 is 1.07 bits per heavy atom. The van der Waals surface area contributed by atoms with Crippen molar-refractivity contribution in [3.8, 4) is 0 Å². The smallest absolute Gasteiger partial charge is 0.00577 e. The van der Waals surface area contributed by atoms with E-state index < -0.39 is 0 Å². The zero-order chi connectivity index (χ0) is 11.2. The minimum absolute atomic E-state index is 0.625. The van der Waals surface area contributed by atoms with Crippen LogP contribution in [-0.2, 0) is 6.42 Å². The third-order valence-electron chi connectivity index (χ3n) is 3.49. The number of fused-ring (bicyclic) bond motifs is 1. The molecule has 0 N–H and O–H groups in total. The average Bonchev–Trinajstić information content (AvgIpc) is 2.41. The topological polar surface area (TPSA) is 0 Å². The van der Waals surface area contributed by atoms with Crippen LogP contribution < -0.4 is 0 Å². The lowest BCUT2D eigenvalue weighted by atomic mass is 9.90. The van der Waals surface area contributed by atoms with Crippen molar-refractivity contribution >= 4 is 5.57 Å². The van der Waals surface area contributed by atoms with Gasteiger partial charge in [0.2, 0.25) is 0 Å². The molecule has 0 amide bonds. The van der Waals surface area contributed by atoms with Crippen LogP contribution in [0.5, 0.6) is 0 Å². The van der Waals surface area contributed by atoms with Crippen LogP contribution in [0.15, 0.2) is 17.7 Å². The predicted octanol–water partition coefficient (Wildman–Crippen LogP) is 4.47. The fraction of sp³-hybridized carbons (Fsp3) is 0.467. The molecule has 0 heterocycles. The van der Waals surface area contributed by atoms with Crippen LogP contribution in [-0.4, -0.2) is 0 Å².